The van der Waals surface area contributed by atoms with Crippen molar-refractivity contribution in [2.75, 3.05) is 17.2 Å². The maximum atomic E-state index is 13.0. The lowest BCUT2D eigenvalue weighted by molar-refractivity contribution is 0.0941. The Morgan fingerprint density at radius 3 is 3.06 bits per heavy atom. The smallest absolute Gasteiger partial charge is 0.253 e. The predicted molar refractivity (Wildman–Crippen MR) is 64.0 cm³/mol. The Hall–Kier alpha value is -1.23. The second-order valence-corrected chi connectivity index (χ2v) is 4.92. The van der Waals surface area contributed by atoms with Crippen LogP contribution in [0.4, 0.5) is 10.1 Å². The van der Waals surface area contributed by atoms with Gasteiger partial charge in [0, 0.05) is 17.5 Å². The minimum Gasteiger partial charge on any atom is -0.398 e. The van der Waals surface area contributed by atoms with Crippen LogP contribution in [0, 0.1) is 5.82 Å². The van der Waals surface area contributed by atoms with Crippen LogP contribution < -0.4 is 11.1 Å². The number of carbonyl (C=O) groups is 1. The number of halogens is 1. The summed E-state index contributed by atoms with van der Waals surface area (Å²) in [5.74, 6) is 1.24. The Labute approximate surface area is 97.6 Å². The Kier molecular flexibility index (Phi) is 3.33. The second-order valence-electron chi connectivity index (χ2n) is 3.77. The highest BCUT2D eigenvalue weighted by atomic mass is 32.2. The van der Waals surface area contributed by atoms with Gasteiger partial charge in [-0.2, -0.15) is 11.8 Å². The van der Waals surface area contributed by atoms with Crippen molar-refractivity contribution >= 4 is 23.4 Å². The number of nitrogens with one attached hydrogen (secondary N) is 1. The Bertz CT molecular complexity index is 405. The molecule has 1 amide bonds. The number of hydrogen-bond donors (Lipinski definition) is 2. The largest absolute Gasteiger partial charge is 0.398 e. The van der Waals surface area contributed by atoms with Crippen LogP contribution >= 0.6 is 11.8 Å². The zero-order valence-corrected chi connectivity index (χ0v) is 9.52. The molecule has 1 aliphatic heterocycles. The van der Waals surface area contributed by atoms with Gasteiger partial charge in [-0.25, -0.2) is 4.39 Å². The first kappa shape index (κ1) is 11.3. The summed E-state index contributed by atoms with van der Waals surface area (Å²) in [7, 11) is 0. The molecule has 0 radical (unpaired) electrons. The Morgan fingerprint density at radius 2 is 2.38 bits per heavy atom. The number of nitrogens with two attached hydrogens (primary N) is 1. The van der Waals surface area contributed by atoms with Crippen LogP contribution in [0.2, 0.25) is 0 Å². The van der Waals surface area contributed by atoms with Gasteiger partial charge in [0.05, 0.1) is 5.56 Å². The van der Waals surface area contributed by atoms with Crippen LogP contribution in [0.15, 0.2) is 18.2 Å². The third kappa shape index (κ3) is 2.47. The molecule has 1 aliphatic rings. The van der Waals surface area contributed by atoms with Crippen molar-refractivity contribution in [2.24, 2.45) is 0 Å². The molecule has 16 heavy (non-hydrogen) atoms. The van der Waals surface area contributed by atoms with E-state index in [1.165, 1.54) is 18.2 Å². The lowest BCUT2D eigenvalue weighted by Crippen LogP contribution is -2.35. The van der Waals surface area contributed by atoms with Crippen molar-refractivity contribution in [1.29, 1.82) is 0 Å². The van der Waals surface area contributed by atoms with Gasteiger partial charge in [0.1, 0.15) is 5.82 Å². The van der Waals surface area contributed by atoms with Crippen LogP contribution in [0.25, 0.3) is 0 Å². The molecule has 1 unspecified atom stereocenters. The van der Waals surface area contributed by atoms with Crippen molar-refractivity contribution < 1.29 is 9.18 Å². The molecule has 3 nitrogen and oxygen atoms in total. The number of benzene rings is 1. The number of thioether (sulfide) groups is 1. The van der Waals surface area contributed by atoms with Gasteiger partial charge < -0.3 is 11.1 Å². The standard InChI is InChI=1S/C11H13FN2OS/c12-7-1-2-10(13)9(5-7)11(15)14-8-3-4-16-6-8/h1-2,5,8H,3-4,6,13H2,(H,14,15). The van der Waals surface area contributed by atoms with Gasteiger partial charge in [-0.05, 0) is 30.4 Å². The molecule has 1 aromatic carbocycles. The fourth-order valence-electron chi connectivity index (χ4n) is 1.64. The Balaban J connectivity index is 2.10. The van der Waals surface area contributed by atoms with Gasteiger partial charge in [-0.1, -0.05) is 0 Å². The molecule has 2 rings (SSSR count). The maximum Gasteiger partial charge on any atom is 0.253 e. The van der Waals surface area contributed by atoms with Gasteiger partial charge in [0.2, 0.25) is 0 Å². The van der Waals surface area contributed by atoms with Crippen LogP contribution in [0.1, 0.15) is 16.8 Å². The molecule has 1 heterocycles. The van der Waals surface area contributed by atoms with Crippen LogP contribution in [0.5, 0.6) is 0 Å². The first-order valence-electron chi connectivity index (χ1n) is 5.10. The summed E-state index contributed by atoms with van der Waals surface area (Å²) < 4.78 is 13.0. The topological polar surface area (TPSA) is 55.1 Å². The quantitative estimate of drug-likeness (QED) is 0.773. The van der Waals surface area contributed by atoms with E-state index in [1.807, 2.05) is 0 Å². The lowest BCUT2D eigenvalue weighted by Gasteiger charge is -2.12. The number of carbonyl (C=O) groups excluding carboxylic acids is 1. The highest BCUT2D eigenvalue weighted by Gasteiger charge is 2.19. The highest BCUT2D eigenvalue weighted by molar-refractivity contribution is 7.99. The monoisotopic (exact) mass is 240 g/mol. The van der Waals surface area contributed by atoms with Gasteiger partial charge in [0.15, 0.2) is 0 Å². The molecule has 3 N–H and O–H groups in total. The number of nitrogen functional groups attached to an aromatic ring is 1. The van der Waals surface area contributed by atoms with Crippen molar-refractivity contribution in [3.05, 3.63) is 29.6 Å². The van der Waals surface area contributed by atoms with Crippen LogP contribution in [-0.4, -0.2) is 23.5 Å². The van der Waals surface area contributed by atoms with E-state index in [4.69, 9.17) is 5.73 Å². The van der Waals surface area contributed by atoms with Crippen molar-refractivity contribution in [1.82, 2.24) is 5.32 Å². The zero-order valence-electron chi connectivity index (χ0n) is 8.70. The molecule has 1 atom stereocenters. The normalized spacial score (nSPS) is 19.7. The molecular weight excluding hydrogens is 227 g/mol. The zero-order chi connectivity index (χ0) is 11.5. The molecule has 86 valence electrons. The van der Waals surface area contributed by atoms with E-state index >= 15 is 0 Å². The number of hydrogen-bond acceptors (Lipinski definition) is 3. The van der Waals surface area contributed by atoms with Gasteiger partial charge in [0.25, 0.3) is 5.91 Å². The highest BCUT2D eigenvalue weighted by Crippen LogP contribution is 2.19. The minimum absolute atomic E-state index is 0.181. The summed E-state index contributed by atoms with van der Waals surface area (Å²) in [4.78, 5) is 11.8. The summed E-state index contributed by atoms with van der Waals surface area (Å²) in [6.45, 7) is 0. The van der Waals surface area contributed by atoms with E-state index < -0.39 is 5.82 Å². The van der Waals surface area contributed by atoms with Crippen molar-refractivity contribution in [3.63, 3.8) is 0 Å². The fourth-order valence-corrected chi connectivity index (χ4v) is 2.79. The molecule has 0 aliphatic carbocycles. The second kappa shape index (κ2) is 4.74. The molecule has 0 aromatic heterocycles. The Morgan fingerprint density at radius 1 is 1.56 bits per heavy atom. The lowest BCUT2D eigenvalue weighted by atomic mass is 10.1. The predicted octanol–water partition coefficient (Wildman–Crippen LogP) is 1.64. The van der Waals surface area contributed by atoms with Gasteiger partial charge in [-0.3, -0.25) is 4.79 Å². The first-order chi connectivity index (χ1) is 7.66. The van der Waals surface area contributed by atoms with Crippen molar-refractivity contribution in [3.8, 4) is 0 Å². The summed E-state index contributed by atoms with van der Waals surface area (Å²) in [5.41, 5.74) is 6.16. The minimum atomic E-state index is -0.444. The SMILES string of the molecule is Nc1ccc(F)cc1C(=O)NC1CCSC1. The maximum absolute atomic E-state index is 13.0. The van der Waals surface area contributed by atoms with E-state index in [2.05, 4.69) is 5.32 Å². The molecule has 1 fully saturated rings. The average Bonchev–Trinajstić information content (AvgIpc) is 2.74. The van der Waals surface area contributed by atoms with E-state index in [1.54, 1.807) is 11.8 Å². The summed E-state index contributed by atoms with van der Waals surface area (Å²) in [5, 5.41) is 2.86. The summed E-state index contributed by atoms with van der Waals surface area (Å²) in [6.07, 6.45) is 0.964. The summed E-state index contributed by atoms with van der Waals surface area (Å²) >= 11 is 1.81. The number of amides is 1. The van der Waals surface area contributed by atoms with Gasteiger partial charge in [-0.15, -0.1) is 0 Å². The first-order valence-corrected chi connectivity index (χ1v) is 6.26. The number of anilines is 1. The average molecular weight is 240 g/mol. The third-order valence-electron chi connectivity index (χ3n) is 2.52. The molecule has 5 heteroatoms. The molecule has 1 aromatic rings. The van der Waals surface area contributed by atoms with E-state index in [-0.39, 0.29) is 17.5 Å². The van der Waals surface area contributed by atoms with E-state index in [0.717, 1.165) is 17.9 Å². The molecule has 0 saturated carbocycles. The van der Waals surface area contributed by atoms with Gasteiger partial charge >= 0.3 is 0 Å². The number of rotatable bonds is 2. The molecule has 1 saturated heterocycles. The van der Waals surface area contributed by atoms with Crippen LogP contribution in [-0.2, 0) is 0 Å². The fraction of sp³-hybridized carbons (Fsp3) is 0.364. The van der Waals surface area contributed by atoms with Crippen LogP contribution in [0.3, 0.4) is 0 Å². The molecule has 0 bridgehead atoms. The van der Waals surface area contributed by atoms with E-state index in [9.17, 15) is 9.18 Å². The van der Waals surface area contributed by atoms with E-state index in [0.29, 0.717) is 5.69 Å². The van der Waals surface area contributed by atoms with Crippen molar-refractivity contribution in [2.45, 2.75) is 12.5 Å². The third-order valence-corrected chi connectivity index (χ3v) is 3.69. The summed E-state index contributed by atoms with van der Waals surface area (Å²) in [6, 6.07) is 4.01. The molecule has 0 spiro atoms. The molecular formula is C11H13FN2OS.